The van der Waals surface area contributed by atoms with Gasteiger partial charge in [0.15, 0.2) is 0 Å². The van der Waals surface area contributed by atoms with Gasteiger partial charge in [-0.2, -0.15) is 0 Å². The molecular formula is C23H29N3O2. The fourth-order valence-corrected chi connectivity index (χ4v) is 3.45. The van der Waals surface area contributed by atoms with E-state index in [0.29, 0.717) is 6.54 Å². The first-order chi connectivity index (χ1) is 13.7. The third-order valence-electron chi connectivity index (χ3n) is 5.00. The molecule has 28 heavy (non-hydrogen) atoms. The first-order valence-electron chi connectivity index (χ1n) is 9.93. The van der Waals surface area contributed by atoms with E-state index in [1.165, 1.54) is 23.8 Å². The molecule has 0 aliphatic carbocycles. The van der Waals surface area contributed by atoms with Gasteiger partial charge >= 0.3 is 0 Å². The van der Waals surface area contributed by atoms with Crippen molar-refractivity contribution >= 4 is 16.9 Å². The van der Waals surface area contributed by atoms with Crippen LogP contribution in [0.25, 0.3) is 11.0 Å². The molecule has 148 valence electrons. The molecule has 0 spiro atoms. The minimum atomic E-state index is -0.0532. The molecule has 3 aromatic rings. The Labute approximate surface area is 166 Å². The van der Waals surface area contributed by atoms with Gasteiger partial charge in [-0.25, -0.2) is 4.98 Å². The summed E-state index contributed by atoms with van der Waals surface area (Å²) in [6, 6.07) is 16.9. The predicted molar refractivity (Wildman–Crippen MR) is 112 cm³/mol. The number of hydrogen-bond donors (Lipinski definition) is 1. The lowest BCUT2D eigenvalue weighted by Crippen LogP contribution is -2.27. The highest BCUT2D eigenvalue weighted by Gasteiger charge is 2.11. The molecule has 0 aliphatic heterocycles. The van der Waals surface area contributed by atoms with Crippen LogP contribution in [0.1, 0.15) is 36.2 Å². The van der Waals surface area contributed by atoms with Gasteiger partial charge in [0.25, 0.3) is 0 Å². The van der Waals surface area contributed by atoms with Crippen LogP contribution in [0, 0.1) is 6.92 Å². The Morgan fingerprint density at radius 2 is 1.86 bits per heavy atom. The first kappa shape index (κ1) is 20.1. The molecule has 1 heterocycles. The monoisotopic (exact) mass is 379 g/mol. The molecule has 0 radical (unpaired) electrons. The van der Waals surface area contributed by atoms with Gasteiger partial charge < -0.3 is 14.6 Å². The number of unbranched alkanes of at least 4 members (excludes halogenated alkanes) is 2. The van der Waals surface area contributed by atoms with E-state index < -0.39 is 0 Å². The topological polar surface area (TPSA) is 56.1 Å². The Kier molecular flexibility index (Phi) is 7.20. The molecule has 2 aromatic carbocycles. The highest BCUT2D eigenvalue weighted by atomic mass is 16.5. The fourth-order valence-electron chi connectivity index (χ4n) is 3.45. The number of nitrogens with zero attached hydrogens (tertiary/aromatic N) is 2. The molecule has 0 unspecified atom stereocenters. The lowest BCUT2D eigenvalue weighted by Gasteiger charge is -2.12. The van der Waals surface area contributed by atoms with Crippen LogP contribution in [0.5, 0.6) is 0 Å². The summed E-state index contributed by atoms with van der Waals surface area (Å²) in [7, 11) is 1.53. The standard InChI is InChI=1S/C23H29N3O2/c1-18-10-5-6-11-19(18)16-26-21-13-8-7-12-20(21)25-22(26)14-4-3-9-15-24-23(27)17-28-2/h5-8,10-13H,3-4,9,14-17H2,1-2H3,(H,24,27). The minimum Gasteiger partial charge on any atom is -0.375 e. The minimum absolute atomic E-state index is 0.0532. The van der Waals surface area contributed by atoms with E-state index in [4.69, 9.17) is 9.72 Å². The first-order valence-corrected chi connectivity index (χ1v) is 9.93. The van der Waals surface area contributed by atoms with Gasteiger partial charge in [0.2, 0.25) is 5.91 Å². The molecule has 0 atom stereocenters. The number of benzene rings is 2. The molecule has 1 aromatic heterocycles. The van der Waals surface area contributed by atoms with Crippen molar-refractivity contribution in [3.8, 4) is 0 Å². The van der Waals surface area contributed by atoms with E-state index in [-0.39, 0.29) is 12.5 Å². The second-order valence-electron chi connectivity index (χ2n) is 7.12. The molecule has 0 bridgehead atoms. The van der Waals surface area contributed by atoms with Crippen LogP contribution in [-0.2, 0) is 22.5 Å². The van der Waals surface area contributed by atoms with Crippen LogP contribution < -0.4 is 5.32 Å². The normalized spacial score (nSPS) is 11.1. The zero-order valence-electron chi connectivity index (χ0n) is 16.8. The smallest absolute Gasteiger partial charge is 0.245 e. The van der Waals surface area contributed by atoms with Crippen molar-refractivity contribution in [2.45, 2.75) is 39.2 Å². The van der Waals surface area contributed by atoms with Crippen molar-refractivity contribution in [2.24, 2.45) is 0 Å². The lowest BCUT2D eigenvalue weighted by molar-refractivity contribution is -0.124. The molecular weight excluding hydrogens is 350 g/mol. The van der Waals surface area contributed by atoms with E-state index in [1.54, 1.807) is 0 Å². The maximum absolute atomic E-state index is 11.4. The number of nitrogens with one attached hydrogen (secondary N) is 1. The molecule has 1 amide bonds. The molecule has 5 nitrogen and oxygen atoms in total. The number of carbonyl (C=O) groups is 1. The number of para-hydroxylation sites is 2. The molecule has 0 aliphatic rings. The maximum atomic E-state index is 11.4. The summed E-state index contributed by atoms with van der Waals surface area (Å²) in [4.78, 5) is 16.3. The Morgan fingerprint density at radius 1 is 1.07 bits per heavy atom. The van der Waals surface area contributed by atoms with E-state index in [1.807, 2.05) is 6.07 Å². The van der Waals surface area contributed by atoms with Crippen LogP contribution >= 0.6 is 0 Å². The molecule has 3 rings (SSSR count). The molecule has 0 fully saturated rings. The summed E-state index contributed by atoms with van der Waals surface area (Å²) in [5, 5.41) is 2.87. The van der Waals surface area contributed by atoms with E-state index in [0.717, 1.165) is 43.6 Å². The second kappa shape index (κ2) is 10.0. The highest BCUT2D eigenvalue weighted by Crippen LogP contribution is 2.20. The average Bonchev–Trinajstić information content (AvgIpc) is 3.04. The number of rotatable bonds is 10. The highest BCUT2D eigenvalue weighted by molar-refractivity contribution is 5.77. The number of fused-ring (bicyclic) bond motifs is 1. The quantitative estimate of drug-likeness (QED) is 0.544. The van der Waals surface area contributed by atoms with Crippen LogP contribution in [-0.4, -0.2) is 35.7 Å². The van der Waals surface area contributed by atoms with Crippen LogP contribution in [0.2, 0.25) is 0 Å². The Balaban J connectivity index is 1.63. The maximum Gasteiger partial charge on any atom is 0.245 e. The Bertz CT molecular complexity index is 917. The van der Waals surface area contributed by atoms with Crippen molar-refractivity contribution in [3.63, 3.8) is 0 Å². The summed E-state index contributed by atoms with van der Waals surface area (Å²) < 4.78 is 7.16. The van der Waals surface area contributed by atoms with E-state index in [9.17, 15) is 4.79 Å². The van der Waals surface area contributed by atoms with Crippen molar-refractivity contribution < 1.29 is 9.53 Å². The largest absolute Gasteiger partial charge is 0.375 e. The zero-order valence-corrected chi connectivity index (χ0v) is 16.8. The van der Waals surface area contributed by atoms with Crippen LogP contribution in [0.3, 0.4) is 0 Å². The van der Waals surface area contributed by atoms with Gasteiger partial charge in [-0.1, -0.05) is 42.8 Å². The summed E-state index contributed by atoms with van der Waals surface area (Å²) in [6.07, 6.45) is 4.01. The molecule has 5 heteroatoms. The van der Waals surface area contributed by atoms with E-state index in [2.05, 4.69) is 59.3 Å². The van der Waals surface area contributed by atoms with Gasteiger partial charge in [-0.15, -0.1) is 0 Å². The van der Waals surface area contributed by atoms with Crippen molar-refractivity contribution in [1.29, 1.82) is 0 Å². The third kappa shape index (κ3) is 5.20. The molecule has 0 saturated heterocycles. The van der Waals surface area contributed by atoms with Gasteiger partial charge in [-0.05, 0) is 43.0 Å². The number of aryl methyl sites for hydroxylation is 2. The van der Waals surface area contributed by atoms with Crippen LogP contribution in [0.4, 0.5) is 0 Å². The third-order valence-corrected chi connectivity index (χ3v) is 5.00. The molecule has 1 N–H and O–H groups in total. The average molecular weight is 380 g/mol. The van der Waals surface area contributed by atoms with Gasteiger partial charge in [0.05, 0.1) is 11.0 Å². The summed E-state index contributed by atoms with van der Waals surface area (Å²) in [5.74, 6) is 1.08. The number of imidazole rings is 1. The van der Waals surface area contributed by atoms with Gasteiger partial charge in [0, 0.05) is 26.6 Å². The number of amides is 1. The number of ether oxygens (including phenoxy) is 1. The zero-order chi connectivity index (χ0) is 19.8. The molecule has 0 saturated carbocycles. The Morgan fingerprint density at radius 3 is 2.68 bits per heavy atom. The van der Waals surface area contributed by atoms with Crippen LogP contribution in [0.15, 0.2) is 48.5 Å². The number of methoxy groups -OCH3 is 1. The summed E-state index contributed by atoms with van der Waals surface area (Å²) in [6.45, 7) is 3.83. The van der Waals surface area contributed by atoms with Gasteiger partial charge in [-0.3, -0.25) is 4.79 Å². The Hall–Kier alpha value is -2.66. The predicted octanol–water partition coefficient (Wildman–Crippen LogP) is 3.87. The van der Waals surface area contributed by atoms with Crippen molar-refractivity contribution in [1.82, 2.24) is 14.9 Å². The van der Waals surface area contributed by atoms with Crippen molar-refractivity contribution in [3.05, 3.63) is 65.5 Å². The summed E-state index contributed by atoms with van der Waals surface area (Å²) >= 11 is 0. The fraction of sp³-hybridized carbons (Fsp3) is 0.391. The SMILES string of the molecule is COCC(=O)NCCCCCc1nc2ccccc2n1Cc1ccccc1C. The number of hydrogen-bond acceptors (Lipinski definition) is 3. The lowest BCUT2D eigenvalue weighted by atomic mass is 10.1. The summed E-state index contributed by atoms with van der Waals surface area (Å²) in [5.41, 5.74) is 4.87. The van der Waals surface area contributed by atoms with E-state index >= 15 is 0 Å². The van der Waals surface area contributed by atoms with Gasteiger partial charge in [0.1, 0.15) is 12.4 Å². The second-order valence-corrected chi connectivity index (χ2v) is 7.12. The van der Waals surface area contributed by atoms with Crippen molar-refractivity contribution in [2.75, 3.05) is 20.3 Å². The number of carbonyl (C=O) groups excluding carboxylic acids is 1. The number of aromatic nitrogens is 2.